The number of amides is 2. The van der Waals surface area contributed by atoms with Gasteiger partial charge in [0.05, 0.1) is 0 Å². The van der Waals surface area contributed by atoms with Crippen LogP contribution in [-0.2, 0) is 9.59 Å². The Morgan fingerprint density at radius 2 is 1.77 bits per heavy atom. The molecule has 0 heterocycles. The molecule has 0 aromatic carbocycles. The molecule has 0 aromatic rings. The second kappa shape index (κ2) is 4.07. The summed E-state index contributed by atoms with van der Waals surface area (Å²) in [6.07, 6.45) is 1.42. The molecule has 0 unspecified atom stereocenters. The number of hydrogen-bond donors (Lipinski definition) is 2. The molecule has 0 saturated heterocycles. The second-order valence-electron chi connectivity index (χ2n) is 3.70. The summed E-state index contributed by atoms with van der Waals surface area (Å²) in [6, 6.07) is 0. The molecule has 0 atom stereocenters. The first-order valence-electron chi connectivity index (χ1n) is 4.02. The van der Waals surface area contributed by atoms with E-state index in [0.29, 0.717) is 0 Å². The van der Waals surface area contributed by atoms with E-state index in [1.807, 2.05) is 0 Å². The molecule has 2 amide bonds. The third-order valence-corrected chi connectivity index (χ3v) is 1.47. The topological polar surface area (TPSA) is 72.2 Å². The zero-order valence-corrected chi connectivity index (χ0v) is 8.47. The molecule has 0 radical (unpaired) electrons. The minimum Gasteiger partial charge on any atom is -0.368 e. The minimum absolute atomic E-state index is 0.302. The van der Waals surface area contributed by atoms with Crippen molar-refractivity contribution in [2.24, 2.45) is 5.73 Å². The number of nitrogens with one attached hydrogen (secondary N) is 1. The highest BCUT2D eigenvalue weighted by molar-refractivity contribution is 5.94. The predicted octanol–water partition coefficient (Wildman–Crippen LogP) is 0.333. The average molecular weight is 184 g/mol. The summed E-state index contributed by atoms with van der Waals surface area (Å²) in [6.45, 7) is 6.73. The van der Waals surface area contributed by atoms with Gasteiger partial charge in [-0.2, -0.15) is 0 Å². The third kappa shape index (κ3) is 4.30. The molecule has 0 aliphatic heterocycles. The molecule has 13 heavy (non-hydrogen) atoms. The fourth-order valence-corrected chi connectivity index (χ4v) is 0.668. The smallest absolute Gasteiger partial charge is 0.244 e. The van der Waals surface area contributed by atoms with E-state index >= 15 is 0 Å². The van der Waals surface area contributed by atoms with E-state index in [1.165, 1.54) is 6.08 Å². The van der Waals surface area contributed by atoms with Gasteiger partial charge in [-0.25, -0.2) is 0 Å². The first-order chi connectivity index (χ1) is 5.75. The van der Waals surface area contributed by atoms with Crippen LogP contribution in [0.4, 0.5) is 0 Å². The highest BCUT2D eigenvalue weighted by atomic mass is 16.2. The van der Waals surface area contributed by atoms with E-state index in [4.69, 9.17) is 5.73 Å². The minimum atomic E-state index is -0.997. The average Bonchev–Trinajstić information content (AvgIpc) is 1.82. The Morgan fingerprint density at radius 3 is 2.08 bits per heavy atom. The molecular formula is C9H16N2O2. The lowest BCUT2D eigenvalue weighted by molar-refractivity contribution is -0.128. The van der Waals surface area contributed by atoms with Crippen molar-refractivity contribution in [2.75, 3.05) is 0 Å². The molecule has 0 aliphatic carbocycles. The van der Waals surface area contributed by atoms with Crippen molar-refractivity contribution in [3.63, 3.8) is 0 Å². The molecule has 74 valence electrons. The molecule has 0 aromatic heterocycles. The van der Waals surface area contributed by atoms with Crippen LogP contribution < -0.4 is 11.1 Å². The Hall–Kier alpha value is -1.32. The number of carbonyl (C=O) groups is 2. The second-order valence-corrected chi connectivity index (χ2v) is 3.70. The fourth-order valence-electron chi connectivity index (χ4n) is 0.668. The van der Waals surface area contributed by atoms with E-state index < -0.39 is 11.4 Å². The van der Waals surface area contributed by atoms with E-state index in [-0.39, 0.29) is 5.91 Å². The molecule has 0 saturated carbocycles. The van der Waals surface area contributed by atoms with Crippen LogP contribution in [0, 0.1) is 0 Å². The Kier molecular flexibility index (Phi) is 3.66. The normalized spacial score (nSPS) is 10.5. The van der Waals surface area contributed by atoms with Gasteiger partial charge in [-0.15, -0.1) is 0 Å². The summed E-state index contributed by atoms with van der Waals surface area (Å²) in [5.41, 5.74) is 4.95. The molecule has 0 rings (SSSR count). The predicted molar refractivity (Wildman–Crippen MR) is 50.8 cm³/mol. The first kappa shape index (κ1) is 11.7. The maximum absolute atomic E-state index is 11.2. The summed E-state index contributed by atoms with van der Waals surface area (Å²) in [5, 5.41) is 2.50. The number of rotatable bonds is 3. The molecular weight excluding hydrogens is 168 g/mol. The van der Waals surface area contributed by atoms with Gasteiger partial charge < -0.3 is 11.1 Å². The summed E-state index contributed by atoms with van der Waals surface area (Å²) < 4.78 is 0. The van der Waals surface area contributed by atoms with E-state index in [0.717, 1.165) is 5.57 Å². The summed E-state index contributed by atoms with van der Waals surface area (Å²) in [4.78, 5) is 22.0. The Morgan fingerprint density at radius 1 is 1.31 bits per heavy atom. The number of nitrogens with two attached hydrogens (primary N) is 1. The van der Waals surface area contributed by atoms with Gasteiger partial charge in [-0.3, -0.25) is 9.59 Å². The lowest BCUT2D eigenvalue weighted by Gasteiger charge is -2.21. The highest BCUT2D eigenvalue weighted by Crippen LogP contribution is 2.00. The first-order valence-corrected chi connectivity index (χ1v) is 4.02. The summed E-state index contributed by atoms with van der Waals surface area (Å²) in [5.74, 6) is -0.855. The van der Waals surface area contributed by atoms with Gasteiger partial charge in [0.25, 0.3) is 0 Å². The van der Waals surface area contributed by atoms with Gasteiger partial charge in [0, 0.05) is 6.08 Å². The molecule has 0 fully saturated rings. The Balaban J connectivity index is 4.38. The number of primary amides is 1. The van der Waals surface area contributed by atoms with Crippen molar-refractivity contribution in [3.8, 4) is 0 Å². The largest absolute Gasteiger partial charge is 0.368 e. The monoisotopic (exact) mass is 184 g/mol. The van der Waals surface area contributed by atoms with Crippen LogP contribution in [0.2, 0.25) is 0 Å². The van der Waals surface area contributed by atoms with Crippen LogP contribution in [0.3, 0.4) is 0 Å². The van der Waals surface area contributed by atoms with E-state index in [2.05, 4.69) is 5.32 Å². The molecule has 3 N–H and O–H groups in total. The van der Waals surface area contributed by atoms with Crippen LogP contribution in [0.15, 0.2) is 11.6 Å². The number of allylic oxidation sites excluding steroid dienone is 1. The van der Waals surface area contributed by atoms with Gasteiger partial charge in [-0.1, -0.05) is 5.57 Å². The Labute approximate surface area is 78.2 Å². The maximum atomic E-state index is 11.2. The van der Waals surface area contributed by atoms with Gasteiger partial charge in [-0.05, 0) is 27.7 Å². The SMILES string of the molecule is CC(C)=CC(=O)NC(C)(C)C(N)=O. The molecule has 4 nitrogen and oxygen atoms in total. The van der Waals surface area contributed by atoms with Crippen LogP contribution >= 0.6 is 0 Å². The maximum Gasteiger partial charge on any atom is 0.244 e. The van der Waals surface area contributed by atoms with Crippen molar-refractivity contribution >= 4 is 11.8 Å². The van der Waals surface area contributed by atoms with Gasteiger partial charge in [0.1, 0.15) is 5.54 Å². The van der Waals surface area contributed by atoms with Gasteiger partial charge in [0.2, 0.25) is 11.8 Å². The Bertz CT molecular complexity index is 250. The number of carbonyl (C=O) groups excluding carboxylic acids is 2. The van der Waals surface area contributed by atoms with Crippen LogP contribution in [0.1, 0.15) is 27.7 Å². The van der Waals surface area contributed by atoms with Crippen molar-refractivity contribution in [2.45, 2.75) is 33.2 Å². The zero-order valence-electron chi connectivity index (χ0n) is 8.47. The molecule has 0 spiro atoms. The highest BCUT2D eigenvalue weighted by Gasteiger charge is 2.25. The molecule has 4 heteroatoms. The van der Waals surface area contributed by atoms with E-state index in [9.17, 15) is 9.59 Å². The molecule has 0 aliphatic rings. The van der Waals surface area contributed by atoms with Crippen molar-refractivity contribution < 1.29 is 9.59 Å². The quantitative estimate of drug-likeness (QED) is 0.620. The standard InChI is InChI=1S/C9H16N2O2/c1-6(2)5-7(12)11-9(3,4)8(10)13/h5H,1-4H3,(H2,10,13)(H,11,12). The van der Waals surface area contributed by atoms with Gasteiger partial charge in [0.15, 0.2) is 0 Å². The fraction of sp³-hybridized carbons (Fsp3) is 0.556. The van der Waals surface area contributed by atoms with Crippen molar-refractivity contribution in [1.82, 2.24) is 5.32 Å². The van der Waals surface area contributed by atoms with Crippen molar-refractivity contribution in [3.05, 3.63) is 11.6 Å². The van der Waals surface area contributed by atoms with Crippen LogP contribution in [0.25, 0.3) is 0 Å². The third-order valence-electron chi connectivity index (χ3n) is 1.47. The number of hydrogen-bond acceptors (Lipinski definition) is 2. The lowest BCUT2D eigenvalue weighted by Crippen LogP contribution is -2.52. The summed E-state index contributed by atoms with van der Waals surface area (Å²) >= 11 is 0. The zero-order chi connectivity index (χ0) is 10.6. The molecule has 0 bridgehead atoms. The van der Waals surface area contributed by atoms with Crippen LogP contribution in [-0.4, -0.2) is 17.4 Å². The van der Waals surface area contributed by atoms with Crippen LogP contribution in [0.5, 0.6) is 0 Å². The van der Waals surface area contributed by atoms with E-state index in [1.54, 1.807) is 27.7 Å². The van der Waals surface area contributed by atoms with Crippen molar-refractivity contribution in [1.29, 1.82) is 0 Å². The lowest BCUT2D eigenvalue weighted by atomic mass is 10.1. The summed E-state index contributed by atoms with van der Waals surface area (Å²) in [7, 11) is 0. The van der Waals surface area contributed by atoms with Gasteiger partial charge >= 0.3 is 0 Å².